The zero-order chi connectivity index (χ0) is 23.1. The number of aryl methyl sites for hydroxylation is 1. The SMILES string of the molecule is Cc1ccc(-c2ccccc2-c2nc3cc(C(=O)N4CCCC(O)C4)ccn3c2Cl)c(F)c1. The van der Waals surface area contributed by atoms with E-state index in [1.807, 2.05) is 37.3 Å². The summed E-state index contributed by atoms with van der Waals surface area (Å²) in [6, 6.07) is 16.0. The summed E-state index contributed by atoms with van der Waals surface area (Å²) in [6.07, 6.45) is 2.72. The van der Waals surface area contributed by atoms with Crippen LogP contribution in [0.4, 0.5) is 4.39 Å². The van der Waals surface area contributed by atoms with Crippen LogP contribution in [0.1, 0.15) is 28.8 Å². The van der Waals surface area contributed by atoms with Crippen LogP contribution in [0, 0.1) is 12.7 Å². The molecule has 1 amide bonds. The molecule has 1 saturated heterocycles. The molecule has 0 bridgehead atoms. The van der Waals surface area contributed by atoms with Gasteiger partial charge >= 0.3 is 0 Å². The first-order valence-electron chi connectivity index (χ1n) is 10.9. The van der Waals surface area contributed by atoms with Crippen LogP contribution in [0.15, 0.2) is 60.8 Å². The van der Waals surface area contributed by atoms with Crippen molar-refractivity contribution in [2.24, 2.45) is 0 Å². The van der Waals surface area contributed by atoms with E-state index >= 15 is 0 Å². The average molecular weight is 464 g/mol. The first-order chi connectivity index (χ1) is 15.9. The van der Waals surface area contributed by atoms with Crippen LogP contribution in [0.3, 0.4) is 0 Å². The second-order valence-corrected chi connectivity index (χ2v) is 8.83. The molecule has 0 radical (unpaired) electrons. The maximum absolute atomic E-state index is 14.8. The van der Waals surface area contributed by atoms with E-state index in [1.165, 1.54) is 6.07 Å². The summed E-state index contributed by atoms with van der Waals surface area (Å²) in [5, 5.41) is 10.3. The number of piperidine rings is 1. The Morgan fingerprint density at radius 1 is 1.12 bits per heavy atom. The third kappa shape index (κ3) is 4.01. The summed E-state index contributed by atoms with van der Waals surface area (Å²) in [5.74, 6) is -0.446. The molecule has 1 unspecified atom stereocenters. The van der Waals surface area contributed by atoms with Crippen LogP contribution >= 0.6 is 11.6 Å². The number of pyridine rings is 1. The number of hydrogen-bond acceptors (Lipinski definition) is 3. The lowest BCUT2D eigenvalue weighted by Crippen LogP contribution is -2.42. The molecule has 0 saturated carbocycles. The van der Waals surface area contributed by atoms with Crippen LogP contribution in [0.2, 0.25) is 5.15 Å². The van der Waals surface area contributed by atoms with Crippen LogP contribution < -0.4 is 0 Å². The molecule has 1 aliphatic rings. The minimum atomic E-state index is -0.488. The zero-order valence-electron chi connectivity index (χ0n) is 18.1. The molecule has 1 N–H and O–H groups in total. The number of likely N-dealkylation sites (tertiary alicyclic amines) is 1. The molecule has 5 rings (SSSR count). The van der Waals surface area contributed by atoms with Gasteiger partial charge in [-0.1, -0.05) is 48.0 Å². The number of aliphatic hydroxyl groups is 1. The molecule has 1 atom stereocenters. The van der Waals surface area contributed by atoms with Gasteiger partial charge in [-0.2, -0.15) is 0 Å². The molecule has 33 heavy (non-hydrogen) atoms. The van der Waals surface area contributed by atoms with E-state index in [-0.39, 0.29) is 11.7 Å². The third-order valence-corrected chi connectivity index (χ3v) is 6.46. The van der Waals surface area contributed by atoms with E-state index in [0.29, 0.717) is 58.3 Å². The van der Waals surface area contributed by atoms with Gasteiger partial charge in [0.25, 0.3) is 5.91 Å². The molecule has 2 aromatic heterocycles. The van der Waals surface area contributed by atoms with E-state index < -0.39 is 6.10 Å². The first kappa shape index (κ1) is 21.6. The summed E-state index contributed by atoms with van der Waals surface area (Å²) in [5.41, 5.74) is 4.26. The lowest BCUT2D eigenvalue weighted by Gasteiger charge is -2.30. The summed E-state index contributed by atoms with van der Waals surface area (Å²) in [6.45, 7) is 2.80. The highest BCUT2D eigenvalue weighted by atomic mass is 35.5. The second kappa shape index (κ2) is 8.61. The molecule has 168 valence electrons. The van der Waals surface area contributed by atoms with Gasteiger partial charge in [0.1, 0.15) is 22.3 Å². The van der Waals surface area contributed by atoms with E-state index in [0.717, 1.165) is 12.0 Å². The largest absolute Gasteiger partial charge is 0.391 e. The minimum Gasteiger partial charge on any atom is -0.391 e. The molecule has 7 heteroatoms. The molecule has 0 spiro atoms. The van der Waals surface area contributed by atoms with E-state index in [1.54, 1.807) is 33.7 Å². The van der Waals surface area contributed by atoms with Crippen molar-refractivity contribution >= 4 is 23.2 Å². The minimum absolute atomic E-state index is 0.140. The monoisotopic (exact) mass is 463 g/mol. The Hall–Kier alpha value is -3.22. The van der Waals surface area contributed by atoms with Crippen molar-refractivity contribution in [2.75, 3.05) is 13.1 Å². The van der Waals surface area contributed by atoms with Gasteiger partial charge in [-0.05, 0) is 49.1 Å². The molecule has 0 aliphatic carbocycles. The van der Waals surface area contributed by atoms with Gasteiger partial charge in [-0.15, -0.1) is 0 Å². The van der Waals surface area contributed by atoms with Crippen molar-refractivity contribution in [2.45, 2.75) is 25.9 Å². The van der Waals surface area contributed by atoms with Crippen molar-refractivity contribution in [1.82, 2.24) is 14.3 Å². The molecule has 2 aromatic carbocycles. The molecular formula is C26H23ClFN3O2. The molecule has 1 fully saturated rings. The molecule has 4 aromatic rings. The third-order valence-electron chi connectivity index (χ3n) is 6.10. The highest BCUT2D eigenvalue weighted by Crippen LogP contribution is 2.37. The number of carbonyl (C=O) groups excluding carboxylic acids is 1. The summed E-state index contributed by atoms with van der Waals surface area (Å²) in [7, 11) is 0. The smallest absolute Gasteiger partial charge is 0.254 e. The lowest BCUT2D eigenvalue weighted by atomic mass is 9.97. The fraction of sp³-hybridized carbons (Fsp3) is 0.231. The van der Waals surface area contributed by atoms with Crippen LogP contribution in [0.5, 0.6) is 0 Å². The van der Waals surface area contributed by atoms with E-state index in [4.69, 9.17) is 16.6 Å². The summed E-state index contributed by atoms with van der Waals surface area (Å²) < 4.78 is 16.5. The lowest BCUT2D eigenvalue weighted by molar-refractivity contribution is 0.0474. The molecular weight excluding hydrogens is 441 g/mol. The number of aliphatic hydroxyl groups excluding tert-OH is 1. The Labute approximate surface area is 196 Å². The molecule has 3 heterocycles. The van der Waals surface area contributed by atoms with Gasteiger partial charge in [0.05, 0.1) is 6.10 Å². The number of nitrogens with zero attached hydrogens (tertiary/aromatic N) is 3. The fourth-order valence-electron chi connectivity index (χ4n) is 4.40. The van der Waals surface area contributed by atoms with Gasteiger partial charge in [-0.25, -0.2) is 9.37 Å². The summed E-state index contributed by atoms with van der Waals surface area (Å²) in [4.78, 5) is 19.3. The predicted molar refractivity (Wildman–Crippen MR) is 127 cm³/mol. The number of benzene rings is 2. The van der Waals surface area contributed by atoms with Gasteiger partial charge in [0, 0.05) is 36.0 Å². The van der Waals surface area contributed by atoms with Crippen molar-refractivity contribution in [3.63, 3.8) is 0 Å². The Bertz CT molecular complexity index is 1370. The van der Waals surface area contributed by atoms with E-state index in [9.17, 15) is 14.3 Å². The van der Waals surface area contributed by atoms with Crippen molar-refractivity contribution in [1.29, 1.82) is 0 Å². The average Bonchev–Trinajstić information content (AvgIpc) is 3.14. The van der Waals surface area contributed by atoms with E-state index in [2.05, 4.69) is 0 Å². The maximum Gasteiger partial charge on any atom is 0.254 e. The number of hydrogen-bond donors (Lipinski definition) is 1. The first-order valence-corrected chi connectivity index (χ1v) is 11.3. The number of halogens is 2. The number of imidazole rings is 1. The molecule has 5 nitrogen and oxygen atoms in total. The number of carbonyl (C=O) groups is 1. The van der Waals surface area contributed by atoms with Gasteiger partial charge < -0.3 is 10.0 Å². The van der Waals surface area contributed by atoms with Crippen molar-refractivity contribution in [3.05, 3.63) is 82.9 Å². The number of fused-ring (bicyclic) bond motifs is 1. The Kier molecular flexibility index (Phi) is 5.64. The predicted octanol–water partition coefficient (Wildman–Crippen LogP) is 5.37. The van der Waals surface area contributed by atoms with Crippen LogP contribution in [-0.4, -0.2) is 44.5 Å². The van der Waals surface area contributed by atoms with Crippen LogP contribution in [0.25, 0.3) is 28.0 Å². The normalized spacial score (nSPS) is 16.4. The van der Waals surface area contributed by atoms with Crippen LogP contribution in [-0.2, 0) is 0 Å². The quantitative estimate of drug-likeness (QED) is 0.444. The van der Waals surface area contributed by atoms with Crippen molar-refractivity contribution in [3.8, 4) is 22.4 Å². The number of amides is 1. The zero-order valence-corrected chi connectivity index (χ0v) is 18.9. The van der Waals surface area contributed by atoms with Gasteiger partial charge in [-0.3, -0.25) is 9.20 Å². The van der Waals surface area contributed by atoms with Gasteiger partial charge in [0.2, 0.25) is 0 Å². The Balaban J connectivity index is 1.57. The number of aromatic nitrogens is 2. The fourth-order valence-corrected chi connectivity index (χ4v) is 4.69. The number of β-amino-alcohol motifs (C(OH)–C–C–N with tert-alkyl or cyclic N) is 1. The van der Waals surface area contributed by atoms with Crippen molar-refractivity contribution < 1.29 is 14.3 Å². The maximum atomic E-state index is 14.8. The second-order valence-electron chi connectivity index (χ2n) is 8.47. The van der Waals surface area contributed by atoms with Gasteiger partial charge in [0.15, 0.2) is 0 Å². The highest BCUT2D eigenvalue weighted by molar-refractivity contribution is 6.32. The summed E-state index contributed by atoms with van der Waals surface area (Å²) >= 11 is 6.69. The highest BCUT2D eigenvalue weighted by Gasteiger charge is 2.24. The number of rotatable bonds is 3. The Morgan fingerprint density at radius 3 is 2.67 bits per heavy atom. The standard InChI is InChI=1S/C26H23ClFN3O2/c1-16-8-9-20(22(28)13-16)19-6-2-3-7-21(19)24-25(27)31-12-10-17(14-23(31)29-24)26(33)30-11-4-5-18(32)15-30/h2-3,6-10,12-14,18,32H,4-5,11,15H2,1H3. The topological polar surface area (TPSA) is 57.8 Å². The molecule has 1 aliphatic heterocycles. The Morgan fingerprint density at radius 2 is 1.91 bits per heavy atom.